The van der Waals surface area contributed by atoms with E-state index in [0.717, 1.165) is 38.5 Å². The van der Waals surface area contributed by atoms with Gasteiger partial charge in [-0.15, -0.1) is 0 Å². The van der Waals surface area contributed by atoms with E-state index in [1.165, 1.54) is 340 Å². The van der Waals surface area contributed by atoms with Gasteiger partial charge in [-0.05, 0) is 64.2 Å². The van der Waals surface area contributed by atoms with Crippen LogP contribution in [-0.2, 0) is 23.7 Å². The topological polar surface area (TPSA) is 228 Å². The minimum absolute atomic E-state index is 0.240. The largest absolute Gasteiger partial charge is 0.394 e. The van der Waals surface area contributed by atoms with Gasteiger partial charge in [-0.3, -0.25) is 4.79 Å². The van der Waals surface area contributed by atoms with E-state index in [9.17, 15) is 45.6 Å². The summed E-state index contributed by atoms with van der Waals surface area (Å²) in [6, 6.07) is -0.933. The van der Waals surface area contributed by atoms with Crippen LogP contribution in [0.2, 0.25) is 0 Å². The zero-order chi connectivity index (χ0) is 73.7. The number of nitrogens with one attached hydrogen (secondary N) is 1. The van der Waals surface area contributed by atoms with Crippen molar-refractivity contribution in [3.63, 3.8) is 0 Å². The van der Waals surface area contributed by atoms with Gasteiger partial charge < -0.3 is 65.1 Å². The summed E-state index contributed by atoms with van der Waals surface area (Å²) in [4.78, 5) is 13.4. The first kappa shape index (κ1) is 96.0. The van der Waals surface area contributed by atoms with Crippen molar-refractivity contribution in [3.8, 4) is 0 Å². The molecule has 0 aromatic heterocycles. The van der Waals surface area contributed by atoms with Gasteiger partial charge in [-0.25, -0.2) is 0 Å². The van der Waals surface area contributed by atoms with Crippen LogP contribution in [0, 0.1) is 0 Å². The van der Waals surface area contributed by atoms with Gasteiger partial charge >= 0.3 is 0 Å². The van der Waals surface area contributed by atoms with E-state index in [1.807, 2.05) is 6.08 Å². The van der Waals surface area contributed by atoms with Crippen LogP contribution in [0.15, 0.2) is 48.6 Å². The third-order valence-electron chi connectivity index (χ3n) is 21.5. The summed E-state index contributed by atoms with van der Waals surface area (Å²) in [7, 11) is 0. The van der Waals surface area contributed by atoms with Crippen molar-refractivity contribution in [1.82, 2.24) is 5.32 Å². The molecule has 600 valence electrons. The summed E-state index contributed by atoms with van der Waals surface area (Å²) in [6.07, 6.45) is 80.9. The number of amides is 1. The predicted octanol–water partition coefficient (Wildman–Crippen LogP) is 20.9. The van der Waals surface area contributed by atoms with Gasteiger partial charge in [0.2, 0.25) is 5.91 Å². The first-order valence-corrected chi connectivity index (χ1v) is 43.9. The summed E-state index contributed by atoms with van der Waals surface area (Å²) < 4.78 is 22.9. The Balaban J connectivity index is 1.57. The molecule has 0 saturated carbocycles. The molecule has 1 amide bonds. The predicted molar refractivity (Wildman–Crippen MR) is 424 cm³/mol. The number of allylic oxidation sites excluding steroid dienone is 7. The summed E-state index contributed by atoms with van der Waals surface area (Å²) in [5.41, 5.74) is 0. The highest BCUT2D eigenvalue weighted by Gasteiger charge is 2.51. The summed E-state index contributed by atoms with van der Waals surface area (Å²) in [5.74, 6) is -0.240. The fourth-order valence-corrected chi connectivity index (χ4v) is 14.6. The highest BCUT2D eigenvalue weighted by Crippen LogP contribution is 2.31. The second kappa shape index (κ2) is 71.8. The van der Waals surface area contributed by atoms with Crippen LogP contribution >= 0.6 is 0 Å². The standard InChI is InChI=1S/C88H165NO13/c1-3-5-7-9-11-13-15-17-19-21-23-25-27-29-31-33-34-35-36-37-38-39-40-41-42-44-46-48-50-52-54-56-58-60-62-64-66-68-70-72-80(93)89-76(75-99-87-85(98)83(96)86(79(74-91)101-87)102-88-84(97)82(95)81(94)78(73-90)100-88)77(92)71-69-67-65-63-61-59-57-55-53-51-49-47-45-43-32-30-28-26-24-22-20-18-16-14-12-10-8-6-4-2/h15,17,21,23,61,63,69,71,76-79,81-88,90-92,94-98H,3-14,16,18-20,22,24-60,62,64-68,70,72-75H2,1-2H3,(H,89,93)/b17-15-,23-21-,63-61+,71-69+. The van der Waals surface area contributed by atoms with Crippen LogP contribution in [0.25, 0.3) is 0 Å². The molecule has 0 aromatic rings. The van der Waals surface area contributed by atoms with Gasteiger partial charge in [0.1, 0.15) is 48.8 Å². The average molecular weight is 1450 g/mol. The molecule has 12 unspecified atom stereocenters. The Morgan fingerprint density at radius 2 is 0.657 bits per heavy atom. The molecule has 0 bridgehead atoms. The van der Waals surface area contributed by atoms with E-state index in [1.54, 1.807) is 6.08 Å². The third-order valence-corrected chi connectivity index (χ3v) is 21.5. The highest BCUT2D eigenvalue weighted by atomic mass is 16.7. The Morgan fingerprint density at radius 1 is 0.353 bits per heavy atom. The molecule has 102 heavy (non-hydrogen) atoms. The second-order valence-corrected chi connectivity index (χ2v) is 31.0. The van der Waals surface area contributed by atoms with Gasteiger partial charge in [0, 0.05) is 6.42 Å². The van der Waals surface area contributed by atoms with E-state index >= 15 is 0 Å². The lowest BCUT2D eigenvalue weighted by Crippen LogP contribution is -2.65. The lowest BCUT2D eigenvalue weighted by molar-refractivity contribution is -0.359. The summed E-state index contributed by atoms with van der Waals surface area (Å²) in [5, 5.41) is 87.8. The van der Waals surface area contributed by atoms with Gasteiger partial charge in [0.15, 0.2) is 12.6 Å². The molecule has 0 aliphatic carbocycles. The fourth-order valence-electron chi connectivity index (χ4n) is 14.6. The maximum absolute atomic E-state index is 13.4. The Bertz CT molecular complexity index is 1900. The van der Waals surface area contributed by atoms with Crippen molar-refractivity contribution in [1.29, 1.82) is 0 Å². The van der Waals surface area contributed by atoms with Crippen LogP contribution in [0.4, 0.5) is 0 Å². The average Bonchev–Trinajstić information content (AvgIpc) is 0.790. The Labute approximate surface area is 626 Å². The van der Waals surface area contributed by atoms with Gasteiger partial charge in [-0.1, -0.05) is 390 Å². The van der Waals surface area contributed by atoms with Crippen LogP contribution in [0.3, 0.4) is 0 Å². The minimum atomic E-state index is -1.79. The molecule has 14 nitrogen and oxygen atoms in total. The van der Waals surface area contributed by atoms with E-state index in [0.29, 0.717) is 12.8 Å². The number of aliphatic hydroxyl groups is 8. The molecule has 12 atom stereocenters. The smallest absolute Gasteiger partial charge is 0.220 e. The summed E-state index contributed by atoms with van der Waals surface area (Å²) >= 11 is 0. The van der Waals surface area contributed by atoms with E-state index in [-0.39, 0.29) is 18.9 Å². The number of carbonyl (C=O) groups is 1. The molecule has 0 radical (unpaired) electrons. The molecule has 2 aliphatic rings. The molecule has 14 heteroatoms. The molecule has 0 spiro atoms. The molecule has 9 N–H and O–H groups in total. The molecular weight excluding hydrogens is 1280 g/mol. The van der Waals surface area contributed by atoms with Crippen LogP contribution < -0.4 is 5.32 Å². The molecule has 0 aromatic carbocycles. The first-order chi connectivity index (χ1) is 50.1. The third kappa shape index (κ3) is 53.7. The second-order valence-electron chi connectivity index (χ2n) is 31.0. The van der Waals surface area contributed by atoms with E-state index < -0.39 is 86.8 Å². The zero-order valence-corrected chi connectivity index (χ0v) is 66.1. The molecule has 2 saturated heterocycles. The number of aliphatic hydroxyl groups excluding tert-OH is 8. The van der Waals surface area contributed by atoms with Crippen LogP contribution in [0.1, 0.15) is 412 Å². The molecule has 2 aliphatic heterocycles. The lowest BCUT2D eigenvalue weighted by Gasteiger charge is -2.46. The summed E-state index contributed by atoms with van der Waals surface area (Å²) in [6.45, 7) is 2.84. The Hall–Kier alpha value is -2.05. The van der Waals surface area contributed by atoms with Gasteiger partial charge in [0.25, 0.3) is 0 Å². The fraction of sp³-hybridized carbons (Fsp3) is 0.898. The normalized spacial score (nSPS) is 21.8. The molecule has 2 rings (SSSR count). The molecular formula is C88H165NO13. The number of hydrogen-bond acceptors (Lipinski definition) is 13. The van der Waals surface area contributed by atoms with Crippen LogP contribution in [-0.4, -0.2) is 140 Å². The minimum Gasteiger partial charge on any atom is -0.394 e. The number of ether oxygens (including phenoxy) is 4. The number of rotatable bonds is 75. The highest BCUT2D eigenvalue weighted by molar-refractivity contribution is 5.76. The van der Waals surface area contributed by atoms with Crippen molar-refractivity contribution in [3.05, 3.63) is 48.6 Å². The number of hydrogen-bond donors (Lipinski definition) is 9. The van der Waals surface area contributed by atoms with Crippen LogP contribution in [0.5, 0.6) is 0 Å². The zero-order valence-electron chi connectivity index (χ0n) is 66.1. The van der Waals surface area contributed by atoms with Crippen molar-refractivity contribution < 1.29 is 64.6 Å². The maximum Gasteiger partial charge on any atom is 0.220 e. The van der Waals surface area contributed by atoms with Gasteiger partial charge in [0.05, 0.1) is 32.0 Å². The SMILES string of the molecule is CCCCCCC/C=C\C/C=C\CCCCCCCCCCCCCCCCCCCCCCCCCCCCCC(=O)NC(COC1OC(CO)C(OC2OC(CO)C(O)C(O)C2O)C(O)C1O)C(O)/C=C/CC/C=C/CCCCCCCCCCCCCCCCCCCCCCCCC. The van der Waals surface area contributed by atoms with Crippen molar-refractivity contribution in [2.45, 2.75) is 485 Å². The molecule has 2 fully saturated rings. The first-order valence-electron chi connectivity index (χ1n) is 43.9. The van der Waals surface area contributed by atoms with E-state index in [4.69, 9.17) is 18.9 Å². The lowest BCUT2D eigenvalue weighted by atomic mass is 9.97. The Morgan fingerprint density at radius 3 is 1.02 bits per heavy atom. The molecule has 2 heterocycles. The quantitative estimate of drug-likeness (QED) is 0.0204. The van der Waals surface area contributed by atoms with Gasteiger partial charge in [-0.2, -0.15) is 0 Å². The van der Waals surface area contributed by atoms with Crippen molar-refractivity contribution in [2.24, 2.45) is 0 Å². The monoisotopic (exact) mass is 1440 g/mol. The van der Waals surface area contributed by atoms with Crippen molar-refractivity contribution >= 4 is 5.91 Å². The maximum atomic E-state index is 13.4. The Kier molecular flexibility index (Phi) is 67.6. The van der Waals surface area contributed by atoms with E-state index in [2.05, 4.69) is 55.6 Å². The van der Waals surface area contributed by atoms with Crippen molar-refractivity contribution in [2.75, 3.05) is 19.8 Å². The number of unbranched alkanes of at least 4 members (excludes halogenated alkanes) is 56. The number of carbonyl (C=O) groups excluding carboxylic acids is 1.